The van der Waals surface area contributed by atoms with E-state index in [2.05, 4.69) is 132 Å². The number of hydrogen-bond acceptors (Lipinski definition) is 3. The van der Waals surface area contributed by atoms with E-state index in [1.807, 2.05) is 12.1 Å². The summed E-state index contributed by atoms with van der Waals surface area (Å²) in [6.45, 7) is 0. The van der Waals surface area contributed by atoms with Crippen molar-refractivity contribution in [1.82, 2.24) is 14.5 Å². The molecule has 0 spiro atoms. The minimum atomic E-state index is 0.652. The fourth-order valence-electron chi connectivity index (χ4n) is 7.04. The third kappa shape index (κ3) is 3.22. The number of benzene rings is 7. The van der Waals surface area contributed by atoms with Crippen LogP contribution in [0.2, 0.25) is 0 Å². The van der Waals surface area contributed by atoms with Gasteiger partial charge in [0.05, 0.1) is 22.2 Å². The first-order chi connectivity index (χ1) is 21.8. The molecule has 204 valence electrons. The molecule has 10 aromatic rings. The molecule has 3 heterocycles. The Kier molecular flexibility index (Phi) is 4.69. The molecular weight excluding hydrogens is 538 g/mol. The van der Waals surface area contributed by atoms with Crippen molar-refractivity contribution in [2.75, 3.05) is 0 Å². The molecule has 0 saturated heterocycles. The Bertz CT molecular complexity index is 2610. The maximum absolute atomic E-state index is 6.60. The zero-order valence-electron chi connectivity index (χ0n) is 23.5. The number of nitrogens with zero attached hydrogens (tertiary/aromatic N) is 3. The normalized spacial score (nSPS) is 12.1. The minimum Gasteiger partial charge on any atom is -0.456 e. The quantitative estimate of drug-likeness (QED) is 0.215. The highest BCUT2D eigenvalue weighted by Crippen LogP contribution is 2.44. The van der Waals surface area contributed by atoms with Crippen LogP contribution in [0.4, 0.5) is 0 Å². The Hall–Kier alpha value is -6.00. The van der Waals surface area contributed by atoms with E-state index in [0.29, 0.717) is 5.95 Å². The molecule has 0 bridgehead atoms. The second kappa shape index (κ2) is 8.76. The molecule has 0 fully saturated rings. The highest BCUT2D eigenvalue weighted by molar-refractivity contribution is 6.33. The topological polar surface area (TPSA) is 43.9 Å². The number of rotatable bonds is 3. The summed E-state index contributed by atoms with van der Waals surface area (Å²) < 4.78 is 8.84. The lowest BCUT2D eigenvalue weighted by molar-refractivity contribution is 0.664. The van der Waals surface area contributed by atoms with Gasteiger partial charge in [0, 0.05) is 32.5 Å². The Morgan fingerprint density at radius 2 is 1.07 bits per heavy atom. The number of para-hydroxylation sites is 1. The van der Waals surface area contributed by atoms with Crippen LogP contribution in [0, 0.1) is 0 Å². The molecule has 4 heteroatoms. The van der Waals surface area contributed by atoms with Crippen molar-refractivity contribution >= 4 is 65.4 Å². The number of hydrogen-bond donors (Lipinski definition) is 0. The van der Waals surface area contributed by atoms with Crippen molar-refractivity contribution in [2.45, 2.75) is 0 Å². The fraction of sp³-hybridized carbons (Fsp3) is 0. The second-order valence-corrected chi connectivity index (χ2v) is 11.4. The summed E-state index contributed by atoms with van der Waals surface area (Å²) in [7, 11) is 0. The van der Waals surface area contributed by atoms with Crippen molar-refractivity contribution in [3.63, 3.8) is 0 Å². The van der Waals surface area contributed by atoms with Crippen LogP contribution in [0.5, 0.6) is 0 Å². The standard InChI is InChI=1S/C40H23N3O/c1-2-9-24(10-3-1)27-13-6-14-28(23-27)39-29-15-4-5-16-30(29)41-40(42-39)43-31-21-19-25-11-7-17-33-35(25)37(31)38-32(43)22-20-26-12-8-18-34(44-33)36(26)38/h1-23H. The lowest BCUT2D eigenvalue weighted by Crippen LogP contribution is -2.03. The molecule has 0 atom stereocenters. The van der Waals surface area contributed by atoms with Crippen molar-refractivity contribution in [2.24, 2.45) is 0 Å². The van der Waals surface area contributed by atoms with Gasteiger partial charge < -0.3 is 4.42 Å². The molecule has 7 aromatic carbocycles. The maximum atomic E-state index is 6.60. The van der Waals surface area contributed by atoms with E-state index in [0.717, 1.165) is 71.5 Å². The van der Waals surface area contributed by atoms with E-state index < -0.39 is 0 Å². The van der Waals surface area contributed by atoms with Gasteiger partial charge in [-0.3, -0.25) is 4.57 Å². The van der Waals surface area contributed by atoms with Gasteiger partial charge in [0.15, 0.2) is 0 Å². The second-order valence-electron chi connectivity index (χ2n) is 11.4. The highest BCUT2D eigenvalue weighted by atomic mass is 16.3. The monoisotopic (exact) mass is 561 g/mol. The van der Waals surface area contributed by atoms with Crippen molar-refractivity contribution in [3.05, 3.63) is 140 Å². The van der Waals surface area contributed by atoms with Crippen LogP contribution in [-0.4, -0.2) is 14.5 Å². The van der Waals surface area contributed by atoms with Crippen LogP contribution < -0.4 is 0 Å². The first kappa shape index (κ1) is 23.6. The van der Waals surface area contributed by atoms with E-state index in [1.165, 1.54) is 16.3 Å². The summed E-state index contributed by atoms with van der Waals surface area (Å²) in [5.41, 5.74) is 9.08. The summed E-state index contributed by atoms with van der Waals surface area (Å²) in [5, 5.41) is 7.91. The first-order valence-corrected chi connectivity index (χ1v) is 14.8. The molecule has 4 nitrogen and oxygen atoms in total. The van der Waals surface area contributed by atoms with Gasteiger partial charge >= 0.3 is 0 Å². The summed E-state index contributed by atoms with van der Waals surface area (Å²) in [5.74, 6) is 0.652. The van der Waals surface area contributed by atoms with E-state index in [-0.39, 0.29) is 0 Å². The predicted molar refractivity (Wildman–Crippen MR) is 181 cm³/mol. The van der Waals surface area contributed by atoms with Gasteiger partial charge in [-0.1, -0.05) is 103 Å². The zero-order valence-corrected chi connectivity index (χ0v) is 23.5. The van der Waals surface area contributed by atoms with Crippen LogP contribution >= 0.6 is 0 Å². The predicted octanol–water partition coefficient (Wildman–Crippen LogP) is 10.6. The lowest BCUT2D eigenvalue weighted by atomic mass is 10.00. The van der Waals surface area contributed by atoms with Crippen LogP contribution in [-0.2, 0) is 0 Å². The molecule has 3 aromatic heterocycles. The number of fused-ring (bicyclic) bond motifs is 1. The van der Waals surface area contributed by atoms with Gasteiger partial charge in [0.2, 0.25) is 5.95 Å². The minimum absolute atomic E-state index is 0.652. The molecule has 0 aliphatic carbocycles. The Balaban J connectivity index is 1.34. The molecule has 0 aliphatic rings. The summed E-state index contributed by atoms with van der Waals surface area (Å²) >= 11 is 0. The summed E-state index contributed by atoms with van der Waals surface area (Å²) in [6, 6.07) is 48.8. The molecule has 0 radical (unpaired) electrons. The lowest BCUT2D eigenvalue weighted by Gasteiger charge is -2.13. The molecule has 0 amide bonds. The van der Waals surface area contributed by atoms with Crippen LogP contribution in [0.25, 0.3) is 93.8 Å². The Labute approximate surface area is 251 Å². The van der Waals surface area contributed by atoms with E-state index in [4.69, 9.17) is 14.4 Å². The molecule has 0 saturated carbocycles. The Morgan fingerprint density at radius 3 is 1.80 bits per heavy atom. The summed E-state index contributed by atoms with van der Waals surface area (Å²) in [6.07, 6.45) is 0. The van der Waals surface area contributed by atoms with Gasteiger partial charge in [-0.05, 0) is 58.3 Å². The average Bonchev–Trinajstić information content (AvgIpc) is 3.34. The van der Waals surface area contributed by atoms with Crippen LogP contribution in [0.15, 0.2) is 144 Å². The highest BCUT2D eigenvalue weighted by Gasteiger charge is 2.23. The van der Waals surface area contributed by atoms with Crippen molar-refractivity contribution in [3.8, 4) is 28.3 Å². The average molecular weight is 562 g/mol. The van der Waals surface area contributed by atoms with Crippen molar-refractivity contribution < 1.29 is 4.42 Å². The zero-order chi connectivity index (χ0) is 28.8. The van der Waals surface area contributed by atoms with Gasteiger partial charge in [0.25, 0.3) is 0 Å². The van der Waals surface area contributed by atoms with Gasteiger partial charge in [0.1, 0.15) is 11.2 Å². The molecule has 10 rings (SSSR count). The first-order valence-electron chi connectivity index (χ1n) is 14.8. The molecule has 44 heavy (non-hydrogen) atoms. The van der Waals surface area contributed by atoms with E-state index >= 15 is 0 Å². The Morgan fingerprint density at radius 1 is 0.455 bits per heavy atom. The third-order valence-corrected chi connectivity index (χ3v) is 8.96. The fourth-order valence-corrected chi connectivity index (χ4v) is 7.04. The molecule has 0 N–H and O–H groups in total. The SMILES string of the molecule is c1ccc(-c2cccc(-c3nc(-n4c5ccc6cccc7oc8cccc9ccc4c(c98)c5c67)nc4ccccc34)c2)cc1. The van der Waals surface area contributed by atoms with E-state index in [1.54, 1.807) is 0 Å². The largest absolute Gasteiger partial charge is 0.456 e. The van der Waals surface area contributed by atoms with Crippen molar-refractivity contribution in [1.29, 1.82) is 0 Å². The summed E-state index contributed by atoms with van der Waals surface area (Å²) in [4.78, 5) is 10.6. The molecule has 0 aliphatic heterocycles. The smallest absolute Gasteiger partial charge is 0.235 e. The van der Waals surface area contributed by atoms with Gasteiger partial charge in [-0.25, -0.2) is 9.97 Å². The number of aromatic nitrogens is 3. The third-order valence-electron chi connectivity index (χ3n) is 8.96. The molecular formula is C40H23N3O. The van der Waals surface area contributed by atoms with Crippen LogP contribution in [0.1, 0.15) is 0 Å². The maximum Gasteiger partial charge on any atom is 0.235 e. The molecule has 0 unspecified atom stereocenters. The van der Waals surface area contributed by atoms with Gasteiger partial charge in [-0.15, -0.1) is 0 Å². The van der Waals surface area contributed by atoms with Crippen LogP contribution in [0.3, 0.4) is 0 Å². The van der Waals surface area contributed by atoms with Gasteiger partial charge in [-0.2, -0.15) is 0 Å². The van der Waals surface area contributed by atoms with E-state index in [9.17, 15) is 0 Å².